The van der Waals surface area contributed by atoms with Crippen molar-refractivity contribution in [2.45, 2.75) is 44.9 Å². The van der Waals surface area contributed by atoms with E-state index in [9.17, 15) is 9.18 Å². The van der Waals surface area contributed by atoms with Crippen LogP contribution in [-0.4, -0.2) is 43.3 Å². The summed E-state index contributed by atoms with van der Waals surface area (Å²) in [5.41, 5.74) is 2.14. The summed E-state index contributed by atoms with van der Waals surface area (Å²) >= 11 is 0. The number of fused-ring (bicyclic) bond motifs is 1. The molecule has 23 heavy (non-hydrogen) atoms. The summed E-state index contributed by atoms with van der Waals surface area (Å²) in [4.78, 5) is 12.3. The van der Waals surface area contributed by atoms with E-state index in [2.05, 4.69) is 29.8 Å². The molecule has 3 N–H and O–H groups in total. The Morgan fingerprint density at radius 2 is 2.26 bits per heavy atom. The van der Waals surface area contributed by atoms with Crippen LogP contribution in [0.3, 0.4) is 0 Å². The molecule has 3 rings (SSSR count). The lowest BCUT2D eigenvalue weighted by molar-refractivity contribution is -0.122. The fourth-order valence-electron chi connectivity index (χ4n) is 3.00. The molecule has 0 radical (unpaired) electrons. The SMILES string of the molecule is Cc1cc(F)c2c(c1)NC(C(=O)NCC1CNC(C)(C)CO1)C2. The number of benzene rings is 1. The summed E-state index contributed by atoms with van der Waals surface area (Å²) in [6, 6.07) is 2.96. The third-order valence-corrected chi connectivity index (χ3v) is 4.39. The maximum absolute atomic E-state index is 13.9. The fraction of sp³-hybridized carbons (Fsp3) is 0.588. The molecule has 1 saturated heterocycles. The summed E-state index contributed by atoms with van der Waals surface area (Å²) in [7, 11) is 0. The van der Waals surface area contributed by atoms with Gasteiger partial charge in [-0.25, -0.2) is 4.39 Å². The topological polar surface area (TPSA) is 62.4 Å². The number of nitrogens with one attached hydrogen (secondary N) is 3. The smallest absolute Gasteiger partial charge is 0.242 e. The van der Waals surface area contributed by atoms with Crippen LogP contribution in [0.25, 0.3) is 0 Å². The molecule has 5 nitrogen and oxygen atoms in total. The minimum absolute atomic E-state index is 0.0233. The third kappa shape index (κ3) is 3.64. The maximum atomic E-state index is 13.9. The Hall–Kier alpha value is -1.66. The molecule has 0 bridgehead atoms. The molecule has 2 atom stereocenters. The number of rotatable bonds is 3. The molecule has 0 aliphatic carbocycles. The van der Waals surface area contributed by atoms with Crippen molar-refractivity contribution in [3.63, 3.8) is 0 Å². The number of aryl methyl sites for hydroxylation is 1. The van der Waals surface area contributed by atoms with Gasteiger partial charge in [-0.05, 0) is 38.5 Å². The highest BCUT2D eigenvalue weighted by molar-refractivity contribution is 5.87. The minimum atomic E-state index is -0.422. The molecule has 1 amide bonds. The van der Waals surface area contributed by atoms with Crippen LogP contribution in [0.15, 0.2) is 12.1 Å². The first-order valence-corrected chi connectivity index (χ1v) is 8.04. The van der Waals surface area contributed by atoms with Gasteiger partial charge in [0.05, 0.1) is 12.7 Å². The first-order chi connectivity index (χ1) is 10.8. The van der Waals surface area contributed by atoms with E-state index in [1.807, 2.05) is 13.0 Å². The number of hydrogen-bond acceptors (Lipinski definition) is 4. The Kier molecular flexibility index (Phi) is 4.29. The Balaban J connectivity index is 1.52. The Bertz CT molecular complexity index is 608. The van der Waals surface area contributed by atoms with Crippen molar-refractivity contribution in [2.24, 2.45) is 0 Å². The van der Waals surface area contributed by atoms with Gasteiger partial charge in [-0.3, -0.25) is 4.79 Å². The molecular formula is C17H24FN3O2. The van der Waals surface area contributed by atoms with Gasteiger partial charge < -0.3 is 20.7 Å². The molecule has 1 fully saturated rings. The molecule has 6 heteroatoms. The van der Waals surface area contributed by atoms with Gasteiger partial charge in [0, 0.05) is 36.3 Å². The van der Waals surface area contributed by atoms with Gasteiger partial charge in [0.1, 0.15) is 11.9 Å². The largest absolute Gasteiger partial charge is 0.373 e. The van der Waals surface area contributed by atoms with Gasteiger partial charge in [-0.1, -0.05) is 0 Å². The lowest BCUT2D eigenvalue weighted by atomic mass is 10.0. The standard InChI is InChI=1S/C17H24FN3O2/c1-10-4-13(18)12-6-15(21-14(12)5-10)16(22)19-7-11-8-20-17(2,3)9-23-11/h4-5,11,15,20-21H,6-9H2,1-3H3,(H,19,22). The van der Waals surface area contributed by atoms with Crippen molar-refractivity contribution in [1.29, 1.82) is 0 Å². The highest BCUT2D eigenvalue weighted by Crippen LogP contribution is 2.29. The predicted octanol–water partition coefficient (Wildman–Crippen LogP) is 1.35. The summed E-state index contributed by atoms with van der Waals surface area (Å²) < 4.78 is 19.7. The molecule has 2 heterocycles. The maximum Gasteiger partial charge on any atom is 0.242 e. The molecule has 126 valence electrons. The van der Waals surface area contributed by atoms with Crippen molar-refractivity contribution in [3.8, 4) is 0 Å². The third-order valence-electron chi connectivity index (χ3n) is 4.39. The minimum Gasteiger partial charge on any atom is -0.373 e. The number of carbonyl (C=O) groups excluding carboxylic acids is 1. The van der Waals surface area contributed by atoms with Crippen LogP contribution in [0.4, 0.5) is 10.1 Å². The van der Waals surface area contributed by atoms with E-state index in [4.69, 9.17) is 4.74 Å². The van der Waals surface area contributed by atoms with E-state index in [1.165, 1.54) is 6.07 Å². The van der Waals surface area contributed by atoms with Crippen molar-refractivity contribution in [2.75, 3.05) is 25.0 Å². The second-order valence-corrected chi connectivity index (χ2v) is 7.12. The predicted molar refractivity (Wildman–Crippen MR) is 87.1 cm³/mol. The van der Waals surface area contributed by atoms with Crippen LogP contribution in [0.5, 0.6) is 0 Å². The number of amides is 1. The second-order valence-electron chi connectivity index (χ2n) is 7.12. The molecular weight excluding hydrogens is 297 g/mol. The van der Waals surface area contributed by atoms with Gasteiger partial charge in [0.25, 0.3) is 0 Å². The zero-order chi connectivity index (χ0) is 16.6. The summed E-state index contributed by atoms with van der Waals surface area (Å²) in [5.74, 6) is -0.364. The van der Waals surface area contributed by atoms with Crippen LogP contribution in [0, 0.1) is 12.7 Å². The Morgan fingerprint density at radius 3 is 2.96 bits per heavy atom. The number of carbonyl (C=O) groups is 1. The summed E-state index contributed by atoms with van der Waals surface area (Å²) in [5, 5.41) is 9.40. The second kappa shape index (κ2) is 6.09. The summed E-state index contributed by atoms with van der Waals surface area (Å²) in [6.07, 6.45) is 0.346. The van der Waals surface area contributed by atoms with Crippen LogP contribution in [-0.2, 0) is 16.0 Å². The highest BCUT2D eigenvalue weighted by atomic mass is 19.1. The molecule has 2 unspecified atom stereocenters. The normalized spacial score (nSPS) is 25.6. The van der Waals surface area contributed by atoms with E-state index in [0.29, 0.717) is 31.7 Å². The monoisotopic (exact) mass is 321 g/mol. The van der Waals surface area contributed by atoms with E-state index < -0.39 is 6.04 Å². The first-order valence-electron chi connectivity index (χ1n) is 8.04. The number of hydrogen-bond donors (Lipinski definition) is 3. The molecule has 2 aliphatic heterocycles. The zero-order valence-corrected chi connectivity index (χ0v) is 13.8. The quantitative estimate of drug-likeness (QED) is 0.786. The van der Waals surface area contributed by atoms with E-state index in [1.54, 1.807) is 0 Å². The number of anilines is 1. The number of halogens is 1. The lowest BCUT2D eigenvalue weighted by Crippen LogP contribution is -2.56. The number of ether oxygens (including phenoxy) is 1. The molecule has 0 aromatic heterocycles. The molecule has 1 aromatic carbocycles. The highest BCUT2D eigenvalue weighted by Gasteiger charge is 2.31. The molecule has 0 saturated carbocycles. The molecule has 2 aliphatic rings. The summed E-state index contributed by atoms with van der Waals surface area (Å²) in [6.45, 7) is 7.78. The van der Waals surface area contributed by atoms with Crippen molar-refractivity contribution in [1.82, 2.24) is 10.6 Å². The molecule has 0 spiro atoms. The van der Waals surface area contributed by atoms with Gasteiger partial charge in [0.2, 0.25) is 5.91 Å². The zero-order valence-electron chi connectivity index (χ0n) is 13.8. The van der Waals surface area contributed by atoms with Crippen LogP contribution < -0.4 is 16.0 Å². The van der Waals surface area contributed by atoms with Gasteiger partial charge in [-0.2, -0.15) is 0 Å². The first kappa shape index (κ1) is 16.2. The Morgan fingerprint density at radius 1 is 1.48 bits per heavy atom. The fourth-order valence-corrected chi connectivity index (χ4v) is 3.00. The van der Waals surface area contributed by atoms with E-state index in [-0.39, 0.29) is 23.4 Å². The lowest BCUT2D eigenvalue weighted by Gasteiger charge is -2.36. The van der Waals surface area contributed by atoms with Crippen molar-refractivity contribution in [3.05, 3.63) is 29.1 Å². The van der Waals surface area contributed by atoms with Crippen molar-refractivity contribution >= 4 is 11.6 Å². The van der Waals surface area contributed by atoms with Crippen LogP contribution in [0.2, 0.25) is 0 Å². The van der Waals surface area contributed by atoms with Gasteiger partial charge >= 0.3 is 0 Å². The average molecular weight is 321 g/mol. The van der Waals surface area contributed by atoms with Crippen LogP contribution in [0.1, 0.15) is 25.0 Å². The van der Waals surface area contributed by atoms with E-state index >= 15 is 0 Å². The van der Waals surface area contributed by atoms with Gasteiger partial charge in [0.15, 0.2) is 0 Å². The van der Waals surface area contributed by atoms with Crippen molar-refractivity contribution < 1.29 is 13.9 Å². The van der Waals surface area contributed by atoms with Gasteiger partial charge in [-0.15, -0.1) is 0 Å². The van der Waals surface area contributed by atoms with Crippen LogP contribution >= 0.6 is 0 Å². The average Bonchev–Trinajstić information content (AvgIpc) is 2.90. The van der Waals surface area contributed by atoms with E-state index in [0.717, 1.165) is 11.3 Å². The molecule has 1 aromatic rings. The Labute approximate surface area is 136 Å². The number of morpholine rings is 1.